The van der Waals surface area contributed by atoms with E-state index in [1.54, 1.807) is 0 Å². The molecule has 20 heavy (non-hydrogen) atoms. The fourth-order valence-electron chi connectivity index (χ4n) is 2.67. The molecule has 0 aliphatic carbocycles. The lowest BCUT2D eigenvalue weighted by molar-refractivity contribution is 1.11. The van der Waals surface area contributed by atoms with Gasteiger partial charge >= 0.3 is 0 Å². The number of aromatic nitrogens is 3. The molecule has 3 heteroatoms. The maximum absolute atomic E-state index is 4.59. The van der Waals surface area contributed by atoms with Crippen molar-refractivity contribution in [1.82, 2.24) is 14.4 Å². The Morgan fingerprint density at radius 3 is 2.50 bits per heavy atom. The highest BCUT2D eigenvalue weighted by molar-refractivity contribution is 5.83. The Hall–Kier alpha value is -2.68. The fraction of sp³-hybridized carbons (Fsp3) is 0.0588. The van der Waals surface area contributed by atoms with E-state index >= 15 is 0 Å². The lowest BCUT2D eigenvalue weighted by Gasteiger charge is -2.09. The zero-order chi connectivity index (χ0) is 13.5. The van der Waals surface area contributed by atoms with Crippen LogP contribution in [0.5, 0.6) is 0 Å². The second kappa shape index (κ2) is 4.17. The number of para-hydroxylation sites is 2. The zero-order valence-corrected chi connectivity index (χ0v) is 11.1. The van der Waals surface area contributed by atoms with Crippen molar-refractivity contribution >= 4 is 16.8 Å². The van der Waals surface area contributed by atoms with Crippen LogP contribution in [0.15, 0.2) is 60.8 Å². The molecule has 0 aliphatic heterocycles. The van der Waals surface area contributed by atoms with Crippen LogP contribution in [0.3, 0.4) is 0 Å². The summed E-state index contributed by atoms with van der Waals surface area (Å²) in [6, 6.07) is 18.5. The molecule has 0 saturated carbocycles. The summed E-state index contributed by atoms with van der Waals surface area (Å²) in [4.78, 5) is 9.05. The number of fused-ring (bicyclic) bond motifs is 3. The predicted octanol–water partition coefficient (Wildman–Crippen LogP) is 3.86. The predicted molar refractivity (Wildman–Crippen MR) is 80.7 cm³/mol. The molecule has 4 rings (SSSR count). The Kier molecular flexibility index (Phi) is 2.33. The molecule has 0 spiro atoms. The minimum atomic E-state index is 0.746. The van der Waals surface area contributed by atoms with Crippen molar-refractivity contribution in [3.8, 4) is 11.3 Å². The highest BCUT2D eigenvalue weighted by Gasteiger charge is 2.12. The molecule has 2 aromatic heterocycles. The minimum Gasteiger partial charge on any atom is -0.276 e. The highest BCUT2D eigenvalue weighted by Crippen LogP contribution is 2.27. The van der Waals surface area contributed by atoms with Crippen LogP contribution in [0.25, 0.3) is 28.1 Å². The molecule has 2 aromatic carbocycles. The highest BCUT2D eigenvalue weighted by atomic mass is 15.1. The van der Waals surface area contributed by atoms with Gasteiger partial charge in [0.15, 0.2) is 0 Å². The van der Waals surface area contributed by atoms with Crippen molar-refractivity contribution in [2.45, 2.75) is 6.92 Å². The zero-order valence-electron chi connectivity index (χ0n) is 11.1. The van der Waals surface area contributed by atoms with E-state index in [1.807, 2.05) is 30.5 Å². The number of aryl methyl sites for hydroxylation is 1. The summed E-state index contributed by atoms with van der Waals surface area (Å²) in [6.07, 6.45) is 1.89. The van der Waals surface area contributed by atoms with E-state index in [1.165, 1.54) is 5.56 Å². The van der Waals surface area contributed by atoms with Crippen molar-refractivity contribution in [2.75, 3.05) is 0 Å². The summed E-state index contributed by atoms with van der Waals surface area (Å²) in [5.74, 6) is 0.746. The Bertz CT molecular complexity index is 907. The Morgan fingerprint density at radius 1 is 0.900 bits per heavy atom. The normalized spacial score (nSPS) is 11.2. The van der Waals surface area contributed by atoms with Crippen molar-refractivity contribution in [1.29, 1.82) is 0 Å². The molecule has 0 bridgehead atoms. The molecule has 0 unspecified atom stereocenters. The van der Waals surface area contributed by atoms with Crippen LogP contribution in [0.1, 0.15) is 5.56 Å². The van der Waals surface area contributed by atoms with Crippen LogP contribution in [0.2, 0.25) is 0 Å². The van der Waals surface area contributed by atoms with Gasteiger partial charge in [0.05, 0.1) is 16.7 Å². The molecule has 0 atom stereocenters. The summed E-state index contributed by atoms with van der Waals surface area (Å²) in [7, 11) is 0. The third-order valence-corrected chi connectivity index (χ3v) is 3.56. The van der Waals surface area contributed by atoms with Crippen molar-refractivity contribution in [3.05, 3.63) is 66.4 Å². The monoisotopic (exact) mass is 259 g/mol. The molecular formula is C17H13N3. The lowest BCUT2D eigenvalue weighted by Crippen LogP contribution is -1.97. The number of rotatable bonds is 1. The van der Waals surface area contributed by atoms with Crippen LogP contribution in [-0.2, 0) is 0 Å². The maximum atomic E-state index is 4.59. The van der Waals surface area contributed by atoms with E-state index < -0.39 is 0 Å². The molecule has 0 fully saturated rings. The maximum Gasteiger partial charge on any atom is 0.235 e. The molecule has 0 radical (unpaired) electrons. The van der Waals surface area contributed by atoms with Gasteiger partial charge in [-0.15, -0.1) is 0 Å². The number of hydrogen-bond acceptors (Lipinski definition) is 2. The number of nitrogens with zero attached hydrogens (tertiary/aromatic N) is 3. The van der Waals surface area contributed by atoms with E-state index in [9.17, 15) is 0 Å². The average Bonchev–Trinajstić information content (AvgIpc) is 2.87. The molecule has 0 saturated heterocycles. The van der Waals surface area contributed by atoms with Gasteiger partial charge in [0, 0.05) is 6.20 Å². The van der Waals surface area contributed by atoms with Gasteiger partial charge in [0.1, 0.15) is 0 Å². The van der Waals surface area contributed by atoms with Crippen molar-refractivity contribution in [3.63, 3.8) is 0 Å². The van der Waals surface area contributed by atoms with E-state index in [0.29, 0.717) is 0 Å². The summed E-state index contributed by atoms with van der Waals surface area (Å²) in [5.41, 5.74) is 5.55. The smallest absolute Gasteiger partial charge is 0.235 e. The van der Waals surface area contributed by atoms with Gasteiger partial charge in [0.2, 0.25) is 5.78 Å². The van der Waals surface area contributed by atoms with Gasteiger partial charge in [-0.05, 0) is 30.2 Å². The fourth-order valence-corrected chi connectivity index (χ4v) is 2.67. The molecule has 96 valence electrons. The van der Waals surface area contributed by atoms with Crippen LogP contribution >= 0.6 is 0 Å². The summed E-state index contributed by atoms with van der Waals surface area (Å²) < 4.78 is 2.14. The summed E-state index contributed by atoms with van der Waals surface area (Å²) in [5, 5.41) is 0. The third-order valence-electron chi connectivity index (χ3n) is 3.56. The Morgan fingerprint density at radius 2 is 1.65 bits per heavy atom. The van der Waals surface area contributed by atoms with E-state index in [4.69, 9.17) is 0 Å². The van der Waals surface area contributed by atoms with Gasteiger partial charge < -0.3 is 0 Å². The largest absolute Gasteiger partial charge is 0.276 e. The number of benzene rings is 2. The first-order chi connectivity index (χ1) is 9.84. The van der Waals surface area contributed by atoms with Crippen molar-refractivity contribution < 1.29 is 0 Å². The molecule has 4 aromatic rings. The Balaban J connectivity index is 2.21. The van der Waals surface area contributed by atoms with Crippen LogP contribution in [-0.4, -0.2) is 14.4 Å². The van der Waals surface area contributed by atoms with E-state index in [2.05, 4.69) is 51.6 Å². The van der Waals surface area contributed by atoms with Gasteiger partial charge in [-0.1, -0.05) is 42.5 Å². The average molecular weight is 259 g/mol. The lowest BCUT2D eigenvalue weighted by atomic mass is 10.1. The van der Waals surface area contributed by atoms with E-state index in [-0.39, 0.29) is 0 Å². The first kappa shape index (κ1) is 11.2. The molecule has 3 nitrogen and oxygen atoms in total. The molecule has 0 amide bonds. The molecule has 0 N–H and O–H groups in total. The van der Waals surface area contributed by atoms with Gasteiger partial charge in [-0.2, -0.15) is 0 Å². The van der Waals surface area contributed by atoms with Crippen LogP contribution < -0.4 is 0 Å². The topological polar surface area (TPSA) is 30.2 Å². The van der Waals surface area contributed by atoms with E-state index in [0.717, 1.165) is 28.1 Å². The summed E-state index contributed by atoms with van der Waals surface area (Å²) >= 11 is 0. The standard InChI is InChI=1S/C17H13N3/c1-12-11-18-17-19-14-9-5-6-10-15(14)20(17)16(12)13-7-3-2-4-8-13/h2-11H,1H3. The molecular weight excluding hydrogens is 246 g/mol. The molecule has 2 heterocycles. The SMILES string of the molecule is Cc1cnc2nc3ccccc3n2c1-c1ccccc1. The first-order valence-corrected chi connectivity index (χ1v) is 6.63. The minimum absolute atomic E-state index is 0.746. The van der Waals surface area contributed by atoms with Crippen LogP contribution in [0, 0.1) is 6.92 Å². The second-order valence-corrected chi connectivity index (χ2v) is 4.89. The third kappa shape index (κ3) is 1.53. The van der Waals surface area contributed by atoms with Crippen molar-refractivity contribution in [2.24, 2.45) is 0 Å². The first-order valence-electron chi connectivity index (χ1n) is 6.63. The molecule has 0 aliphatic rings. The quantitative estimate of drug-likeness (QED) is 0.519. The van der Waals surface area contributed by atoms with Gasteiger partial charge in [-0.25, -0.2) is 9.97 Å². The summed E-state index contributed by atoms with van der Waals surface area (Å²) in [6.45, 7) is 2.09. The number of imidazole rings is 1. The van der Waals surface area contributed by atoms with Gasteiger partial charge in [-0.3, -0.25) is 4.40 Å². The van der Waals surface area contributed by atoms with Gasteiger partial charge in [0.25, 0.3) is 0 Å². The second-order valence-electron chi connectivity index (χ2n) is 4.89. The Labute approximate surface area is 116 Å². The van der Waals surface area contributed by atoms with Crippen LogP contribution in [0.4, 0.5) is 0 Å². The number of hydrogen-bond donors (Lipinski definition) is 0.